The highest BCUT2D eigenvalue weighted by atomic mass is 16.5. The van der Waals surface area contributed by atoms with E-state index in [-0.39, 0.29) is 0 Å². The summed E-state index contributed by atoms with van der Waals surface area (Å²) in [7, 11) is 3.47. The molecular weight excluding hydrogens is 280 g/mol. The van der Waals surface area contributed by atoms with Crippen LogP contribution in [-0.2, 0) is 20.0 Å². The predicted octanol–water partition coefficient (Wildman–Crippen LogP) is 1.88. The van der Waals surface area contributed by atoms with Crippen molar-refractivity contribution in [3.8, 4) is 11.9 Å². The number of nitrogens with one attached hydrogen (secondary N) is 1. The standard InChI is InChI=1S/C15H20N6O/c1-6-13-12(15(22-5)21(4)20-13)8-17-14-11(7-16)9(2)10(3)18-19-14/h6,8H2,1-5H3,(H,17,19). The summed E-state index contributed by atoms with van der Waals surface area (Å²) in [5.41, 5.74) is 4.05. The largest absolute Gasteiger partial charge is 0.481 e. The van der Waals surface area contributed by atoms with Gasteiger partial charge in [-0.25, -0.2) is 4.68 Å². The molecule has 2 rings (SSSR count). The van der Waals surface area contributed by atoms with Gasteiger partial charge in [0.25, 0.3) is 0 Å². The fraction of sp³-hybridized carbons (Fsp3) is 0.467. The molecule has 0 aliphatic heterocycles. The van der Waals surface area contributed by atoms with Crippen LogP contribution in [-0.4, -0.2) is 27.1 Å². The number of aromatic nitrogens is 4. The molecule has 2 heterocycles. The van der Waals surface area contributed by atoms with Gasteiger partial charge in [0.2, 0.25) is 5.88 Å². The molecule has 22 heavy (non-hydrogen) atoms. The summed E-state index contributed by atoms with van der Waals surface area (Å²) >= 11 is 0. The van der Waals surface area contributed by atoms with Crippen molar-refractivity contribution in [1.29, 1.82) is 5.26 Å². The molecule has 2 aromatic heterocycles. The number of hydrogen-bond acceptors (Lipinski definition) is 6. The Morgan fingerprint density at radius 1 is 1.32 bits per heavy atom. The molecule has 0 spiro atoms. The summed E-state index contributed by atoms with van der Waals surface area (Å²) in [6.07, 6.45) is 0.803. The molecule has 0 aliphatic rings. The van der Waals surface area contributed by atoms with Gasteiger partial charge in [0.1, 0.15) is 11.6 Å². The van der Waals surface area contributed by atoms with Crippen molar-refractivity contribution in [1.82, 2.24) is 20.0 Å². The molecule has 0 atom stereocenters. The maximum Gasteiger partial charge on any atom is 0.216 e. The van der Waals surface area contributed by atoms with Crippen molar-refractivity contribution in [2.75, 3.05) is 12.4 Å². The number of methoxy groups -OCH3 is 1. The third-order valence-corrected chi connectivity index (χ3v) is 3.70. The van der Waals surface area contributed by atoms with E-state index < -0.39 is 0 Å². The Morgan fingerprint density at radius 2 is 2.05 bits per heavy atom. The van der Waals surface area contributed by atoms with Crippen molar-refractivity contribution in [2.45, 2.75) is 33.7 Å². The van der Waals surface area contributed by atoms with E-state index in [1.54, 1.807) is 11.8 Å². The fourth-order valence-corrected chi connectivity index (χ4v) is 2.36. The van der Waals surface area contributed by atoms with E-state index in [2.05, 4.69) is 26.7 Å². The maximum absolute atomic E-state index is 9.33. The van der Waals surface area contributed by atoms with E-state index in [9.17, 15) is 5.26 Å². The minimum absolute atomic E-state index is 0.478. The van der Waals surface area contributed by atoms with Gasteiger partial charge < -0.3 is 10.1 Å². The van der Waals surface area contributed by atoms with Crippen LogP contribution in [0.2, 0.25) is 0 Å². The van der Waals surface area contributed by atoms with Gasteiger partial charge in [-0.15, -0.1) is 5.10 Å². The Hall–Kier alpha value is -2.62. The molecule has 0 saturated carbocycles. The van der Waals surface area contributed by atoms with Crippen LogP contribution >= 0.6 is 0 Å². The summed E-state index contributed by atoms with van der Waals surface area (Å²) in [6.45, 7) is 6.23. The highest BCUT2D eigenvalue weighted by Crippen LogP contribution is 2.24. The number of aryl methyl sites for hydroxylation is 3. The minimum atomic E-state index is 0.478. The van der Waals surface area contributed by atoms with E-state index in [0.29, 0.717) is 23.8 Å². The summed E-state index contributed by atoms with van der Waals surface area (Å²) in [5, 5.41) is 25.1. The second-order valence-corrected chi connectivity index (χ2v) is 5.01. The van der Waals surface area contributed by atoms with E-state index >= 15 is 0 Å². The normalized spacial score (nSPS) is 10.4. The number of rotatable bonds is 5. The number of ether oxygens (including phenoxy) is 1. The van der Waals surface area contributed by atoms with E-state index in [4.69, 9.17) is 4.74 Å². The Bertz CT molecular complexity index is 729. The van der Waals surface area contributed by atoms with Gasteiger partial charge in [0, 0.05) is 13.6 Å². The number of anilines is 1. The first kappa shape index (κ1) is 15.8. The topological polar surface area (TPSA) is 88.7 Å². The molecule has 7 heteroatoms. The molecule has 2 aromatic rings. The van der Waals surface area contributed by atoms with Gasteiger partial charge in [-0.1, -0.05) is 6.92 Å². The molecule has 116 valence electrons. The Labute approximate surface area is 129 Å². The second kappa shape index (κ2) is 6.43. The molecular formula is C15H20N6O. The zero-order valence-electron chi connectivity index (χ0n) is 13.6. The SMILES string of the molecule is CCc1nn(C)c(OC)c1CNc1nnc(C)c(C)c1C#N. The molecule has 1 N–H and O–H groups in total. The van der Waals surface area contributed by atoms with Crippen LogP contribution in [0.3, 0.4) is 0 Å². The van der Waals surface area contributed by atoms with Crippen molar-refractivity contribution in [2.24, 2.45) is 7.05 Å². The number of hydrogen-bond donors (Lipinski definition) is 1. The molecule has 0 aliphatic carbocycles. The van der Waals surface area contributed by atoms with E-state index in [0.717, 1.165) is 28.9 Å². The molecule has 0 saturated heterocycles. The van der Waals surface area contributed by atoms with Crippen molar-refractivity contribution < 1.29 is 4.74 Å². The first-order chi connectivity index (χ1) is 10.5. The molecule has 0 amide bonds. The van der Waals surface area contributed by atoms with Crippen LogP contribution < -0.4 is 10.1 Å². The summed E-state index contributed by atoms with van der Waals surface area (Å²) < 4.78 is 7.12. The van der Waals surface area contributed by atoms with Gasteiger partial charge in [-0.2, -0.15) is 15.5 Å². The monoisotopic (exact) mass is 300 g/mol. The van der Waals surface area contributed by atoms with Crippen LogP contribution in [0.1, 0.15) is 35.0 Å². The lowest BCUT2D eigenvalue weighted by Gasteiger charge is -2.10. The first-order valence-corrected chi connectivity index (χ1v) is 7.10. The lowest BCUT2D eigenvalue weighted by molar-refractivity contribution is 0.369. The quantitative estimate of drug-likeness (QED) is 0.907. The van der Waals surface area contributed by atoms with Gasteiger partial charge in [-0.05, 0) is 25.8 Å². The highest BCUT2D eigenvalue weighted by Gasteiger charge is 2.17. The van der Waals surface area contributed by atoms with Gasteiger partial charge in [0.05, 0.1) is 24.1 Å². The summed E-state index contributed by atoms with van der Waals surface area (Å²) in [6, 6.07) is 2.19. The molecule has 0 fully saturated rings. The lowest BCUT2D eigenvalue weighted by atomic mass is 10.1. The van der Waals surface area contributed by atoms with Crippen LogP contribution in [0.5, 0.6) is 5.88 Å². The molecule has 0 bridgehead atoms. The number of nitrogens with zero attached hydrogens (tertiary/aromatic N) is 5. The van der Waals surface area contributed by atoms with Crippen molar-refractivity contribution in [3.63, 3.8) is 0 Å². The van der Waals surface area contributed by atoms with E-state index in [1.165, 1.54) is 0 Å². The maximum atomic E-state index is 9.33. The fourth-order valence-electron chi connectivity index (χ4n) is 2.36. The highest BCUT2D eigenvalue weighted by molar-refractivity contribution is 5.56. The van der Waals surface area contributed by atoms with Gasteiger partial charge >= 0.3 is 0 Å². The van der Waals surface area contributed by atoms with Crippen molar-refractivity contribution >= 4 is 5.82 Å². The summed E-state index contributed by atoms with van der Waals surface area (Å²) in [4.78, 5) is 0. The van der Waals surface area contributed by atoms with Crippen LogP contribution in [0.4, 0.5) is 5.82 Å². The zero-order chi connectivity index (χ0) is 16.3. The minimum Gasteiger partial charge on any atom is -0.481 e. The molecule has 7 nitrogen and oxygen atoms in total. The third-order valence-electron chi connectivity index (χ3n) is 3.70. The Balaban J connectivity index is 2.32. The lowest BCUT2D eigenvalue weighted by Crippen LogP contribution is -2.09. The average molecular weight is 300 g/mol. The second-order valence-electron chi connectivity index (χ2n) is 5.01. The van der Waals surface area contributed by atoms with Gasteiger partial charge in [0.15, 0.2) is 5.82 Å². The first-order valence-electron chi connectivity index (χ1n) is 7.10. The molecule has 0 radical (unpaired) electrons. The smallest absolute Gasteiger partial charge is 0.216 e. The predicted molar refractivity (Wildman–Crippen MR) is 82.7 cm³/mol. The van der Waals surface area contributed by atoms with Gasteiger partial charge in [-0.3, -0.25) is 0 Å². The molecule has 0 unspecified atom stereocenters. The van der Waals surface area contributed by atoms with Crippen LogP contribution in [0.25, 0.3) is 0 Å². The third kappa shape index (κ3) is 2.72. The zero-order valence-corrected chi connectivity index (χ0v) is 13.6. The van der Waals surface area contributed by atoms with E-state index in [1.807, 2.05) is 27.8 Å². The number of nitriles is 1. The molecule has 0 aromatic carbocycles. The van der Waals surface area contributed by atoms with Crippen molar-refractivity contribution in [3.05, 3.63) is 28.1 Å². The summed E-state index contributed by atoms with van der Waals surface area (Å²) in [5.74, 6) is 1.19. The van der Waals surface area contributed by atoms with Crippen LogP contribution in [0, 0.1) is 25.2 Å². The Morgan fingerprint density at radius 3 is 2.64 bits per heavy atom. The average Bonchev–Trinajstić information content (AvgIpc) is 2.83. The van der Waals surface area contributed by atoms with Crippen LogP contribution in [0.15, 0.2) is 0 Å². The Kier molecular flexibility index (Phi) is 4.61.